The first kappa shape index (κ1) is 18.4. The van der Waals surface area contributed by atoms with Crippen molar-refractivity contribution in [3.63, 3.8) is 0 Å². The van der Waals surface area contributed by atoms with Crippen molar-refractivity contribution in [2.75, 3.05) is 7.11 Å². The molecule has 5 nitrogen and oxygen atoms in total. The minimum atomic E-state index is -0.366. The molecule has 1 atom stereocenters. The Balaban J connectivity index is 1.75. The minimum absolute atomic E-state index is 0.156. The number of ether oxygens (including phenoxy) is 2. The van der Waals surface area contributed by atoms with Crippen molar-refractivity contribution >= 4 is 5.91 Å². The van der Waals surface area contributed by atoms with Crippen LogP contribution in [-0.4, -0.2) is 18.0 Å². The van der Waals surface area contributed by atoms with Gasteiger partial charge in [-0.05, 0) is 61.0 Å². The third-order valence-electron chi connectivity index (χ3n) is 4.01. The highest BCUT2D eigenvalue weighted by Crippen LogP contribution is 2.24. The van der Waals surface area contributed by atoms with Crippen molar-refractivity contribution in [3.05, 3.63) is 83.8 Å². The van der Waals surface area contributed by atoms with Gasteiger partial charge in [0.25, 0.3) is 5.91 Å². The van der Waals surface area contributed by atoms with Gasteiger partial charge in [0.1, 0.15) is 22.9 Å². The highest BCUT2D eigenvalue weighted by Gasteiger charge is 2.17. The van der Waals surface area contributed by atoms with E-state index in [4.69, 9.17) is 9.47 Å². The molecule has 27 heavy (non-hydrogen) atoms. The Hall–Kier alpha value is -3.41. The van der Waals surface area contributed by atoms with Crippen LogP contribution >= 0.6 is 0 Å². The van der Waals surface area contributed by atoms with Crippen LogP contribution in [0, 0.1) is 5.82 Å². The second-order valence-corrected chi connectivity index (χ2v) is 5.88. The molecule has 0 aliphatic heterocycles. The molecule has 6 heteroatoms. The summed E-state index contributed by atoms with van der Waals surface area (Å²) in [4.78, 5) is 16.8. The van der Waals surface area contributed by atoms with Crippen LogP contribution in [-0.2, 0) is 0 Å². The number of methoxy groups -OCH3 is 1. The van der Waals surface area contributed by atoms with Gasteiger partial charge in [0.2, 0.25) is 5.88 Å². The molecule has 0 saturated heterocycles. The topological polar surface area (TPSA) is 60.5 Å². The fraction of sp³-hybridized carbons (Fsp3) is 0.143. The molecule has 0 aliphatic rings. The lowest BCUT2D eigenvalue weighted by atomic mass is 10.1. The number of hydrogen-bond acceptors (Lipinski definition) is 4. The monoisotopic (exact) mass is 366 g/mol. The van der Waals surface area contributed by atoms with E-state index in [1.54, 1.807) is 19.2 Å². The van der Waals surface area contributed by atoms with Crippen molar-refractivity contribution < 1.29 is 18.7 Å². The van der Waals surface area contributed by atoms with E-state index in [0.29, 0.717) is 11.3 Å². The molecular weight excluding hydrogens is 347 g/mol. The van der Waals surface area contributed by atoms with Crippen LogP contribution in [0.15, 0.2) is 66.9 Å². The number of rotatable bonds is 6. The molecule has 3 aromatic rings. The van der Waals surface area contributed by atoms with E-state index in [2.05, 4.69) is 10.3 Å². The number of carbonyl (C=O) groups is 1. The summed E-state index contributed by atoms with van der Waals surface area (Å²) >= 11 is 0. The molecule has 0 fully saturated rings. The molecule has 0 saturated carbocycles. The normalized spacial score (nSPS) is 11.5. The number of halogens is 1. The summed E-state index contributed by atoms with van der Waals surface area (Å²) < 4.78 is 23.8. The zero-order valence-corrected chi connectivity index (χ0v) is 15.0. The molecule has 0 spiro atoms. The summed E-state index contributed by atoms with van der Waals surface area (Å²) in [7, 11) is 1.60. The first-order valence-corrected chi connectivity index (χ1v) is 8.40. The molecule has 0 radical (unpaired) electrons. The Bertz CT molecular complexity index is 911. The Morgan fingerprint density at radius 3 is 2.37 bits per heavy atom. The van der Waals surface area contributed by atoms with Crippen molar-refractivity contribution in [2.24, 2.45) is 0 Å². The maximum atomic E-state index is 13.0. The number of nitrogens with one attached hydrogen (secondary N) is 1. The van der Waals surface area contributed by atoms with Crippen molar-refractivity contribution in [2.45, 2.75) is 13.0 Å². The highest BCUT2D eigenvalue weighted by atomic mass is 19.1. The maximum Gasteiger partial charge on any atom is 0.257 e. The maximum absolute atomic E-state index is 13.0. The molecule has 1 aromatic heterocycles. The summed E-state index contributed by atoms with van der Waals surface area (Å²) in [6.45, 7) is 1.89. The lowest BCUT2D eigenvalue weighted by molar-refractivity contribution is 0.0937. The standard InChI is InChI=1S/C21H19FN2O3/c1-14(15-5-9-17(26-2)10-6-15)24-20(25)19-4-3-13-23-21(19)27-18-11-7-16(22)8-12-18/h3-14H,1-2H3,(H,24,25)/t14-/m0/s1. The van der Waals surface area contributed by atoms with Gasteiger partial charge in [0.05, 0.1) is 13.2 Å². The number of carbonyl (C=O) groups excluding carboxylic acids is 1. The van der Waals surface area contributed by atoms with Gasteiger partial charge in [-0.15, -0.1) is 0 Å². The van der Waals surface area contributed by atoms with Crippen LogP contribution in [0.3, 0.4) is 0 Å². The van der Waals surface area contributed by atoms with E-state index in [9.17, 15) is 9.18 Å². The number of amides is 1. The van der Waals surface area contributed by atoms with E-state index < -0.39 is 0 Å². The highest BCUT2D eigenvalue weighted by molar-refractivity contribution is 5.96. The van der Waals surface area contributed by atoms with Crippen molar-refractivity contribution in [1.29, 1.82) is 0 Å². The SMILES string of the molecule is COc1ccc([C@H](C)NC(=O)c2cccnc2Oc2ccc(F)cc2)cc1. The molecule has 0 bridgehead atoms. The Labute approximate surface area is 156 Å². The van der Waals surface area contributed by atoms with Crippen LogP contribution in [0.1, 0.15) is 28.9 Å². The lowest BCUT2D eigenvalue weighted by Crippen LogP contribution is -2.27. The van der Waals surface area contributed by atoms with E-state index in [1.165, 1.54) is 30.5 Å². The zero-order valence-electron chi connectivity index (χ0n) is 15.0. The fourth-order valence-electron chi connectivity index (χ4n) is 2.51. The summed E-state index contributed by atoms with van der Waals surface area (Å²) in [6, 6.07) is 16.0. The molecule has 3 rings (SSSR count). The van der Waals surface area contributed by atoms with Crippen molar-refractivity contribution in [1.82, 2.24) is 10.3 Å². The first-order valence-electron chi connectivity index (χ1n) is 8.40. The number of benzene rings is 2. The Kier molecular flexibility index (Phi) is 5.66. The predicted octanol–water partition coefficient (Wildman–Crippen LogP) is 4.51. The molecule has 1 heterocycles. The number of pyridine rings is 1. The molecule has 1 amide bonds. The Morgan fingerprint density at radius 1 is 1.04 bits per heavy atom. The van der Waals surface area contributed by atoms with Gasteiger partial charge in [0.15, 0.2) is 0 Å². The second kappa shape index (κ2) is 8.31. The quantitative estimate of drug-likeness (QED) is 0.697. The van der Waals surface area contributed by atoms with Gasteiger partial charge in [0, 0.05) is 6.20 Å². The molecule has 2 aromatic carbocycles. The van der Waals surface area contributed by atoms with E-state index >= 15 is 0 Å². The third kappa shape index (κ3) is 4.61. The Morgan fingerprint density at radius 2 is 1.70 bits per heavy atom. The minimum Gasteiger partial charge on any atom is -0.497 e. The van der Waals surface area contributed by atoms with E-state index in [0.717, 1.165) is 11.3 Å². The predicted molar refractivity (Wildman–Crippen MR) is 99.6 cm³/mol. The van der Waals surface area contributed by atoms with Gasteiger partial charge < -0.3 is 14.8 Å². The van der Waals surface area contributed by atoms with Gasteiger partial charge >= 0.3 is 0 Å². The average molecular weight is 366 g/mol. The molecule has 1 N–H and O–H groups in total. The van der Waals surface area contributed by atoms with Crippen LogP contribution in [0.2, 0.25) is 0 Å². The lowest BCUT2D eigenvalue weighted by Gasteiger charge is -2.16. The van der Waals surface area contributed by atoms with E-state index in [-0.39, 0.29) is 23.6 Å². The first-order chi connectivity index (χ1) is 13.1. The summed E-state index contributed by atoms with van der Waals surface area (Å²) in [5, 5.41) is 2.93. The summed E-state index contributed by atoms with van der Waals surface area (Å²) in [5.41, 5.74) is 1.23. The summed E-state index contributed by atoms with van der Waals surface area (Å²) in [6.07, 6.45) is 1.53. The third-order valence-corrected chi connectivity index (χ3v) is 4.01. The number of nitrogens with zero attached hydrogens (tertiary/aromatic N) is 1. The summed E-state index contributed by atoms with van der Waals surface area (Å²) in [5.74, 6) is 0.619. The number of aromatic nitrogens is 1. The van der Waals surface area contributed by atoms with Gasteiger partial charge in [-0.2, -0.15) is 0 Å². The number of hydrogen-bond donors (Lipinski definition) is 1. The fourth-order valence-corrected chi connectivity index (χ4v) is 2.51. The van der Waals surface area contributed by atoms with Gasteiger partial charge in [-0.25, -0.2) is 9.37 Å². The molecule has 0 unspecified atom stereocenters. The average Bonchev–Trinajstić information content (AvgIpc) is 2.70. The zero-order chi connectivity index (χ0) is 19.2. The van der Waals surface area contributed by atoms with Crippen LogP contribution in [0.5, 0.6) is 17.4 Å². The second-order valence-electron chi connectivity index (χ2n) is 5.88. The van der Waals surface area contributed by atoms with Crippen molar-refractivity contribution in [3.8, 4) is 17.4 Å². The smallest absolute Gasteiger partial charge is 0.257 e. The molecular formula is C21H19FN2O3. The van der Waals surface area contributed by atoms with Crippen LogP contribution in [0.25, 0.3) is 0 Å². The van der Waals surface area contributed by atoms with Gasteiger partial charge in [-0.3, -0.25) is 4.79 Å². The molecule has 138 valence electrons. The van der Waals surface area contributed by atoms with Crippen LogP contribution < -0.4 is 14.8 Å². The van der Waals surface area contributed by atoms with Gasteiger partial charge in [-0.1, -0.05) is 12.1 Å². The van der Waals surface area contributed by atoms with E-state index in [1.807, 2.05) is 31.2 Å². The van der Waals surface area contributed by atoms with Crippen LogP contribution in [0.4, 0.5) is 4.39 Å². The molecule has 0 aliphatic carbocycles. The largest absolute Gasteiger partial charge is 0.497 e.